The maximum atomic E-state index is 10.9. The van der Waals surface area contributed by atoms with Gasteiger partial charge in [0.05, 0.1) is 0 Å². The van der Waals surface area contributed by atoms with Gasteiger partial charge in [-0.2, -0.15) is 0 Å². The number of aromatic carboxylic acids is 1. The fourth-order valence-electron chi connectivity index (χ4n) is 1.85. The Hall–Kier alpha value is -1.88. The SMILES string of the molecule is CCN(CCc1cccs1)c1cccc(C(=O)O)n1. The molecule has 0 aliphatic carbocycles. The average molecular weight is 276 g/mol. The zero-order valence-corrected chi connectivity index (χ0v) is 11.6. The van der Waals surface area contributed by atoms with E-state index in [1.807, 2.05) is 19.1 Å². The van der Waals surface area contributed by atoms with Crippen LogP contribution in [0.3, 0.4) is 0 Å². The van der Waals surface area contributed by atoms with E-state index in [0.717, 1.165) is 25.3 Å². The van der Waals surface area contributed by atoms with Crippen molar-refractivity contribution in [3.63, 3.8) is 0 Å². The van der Waals surface area contributed by atoms with Gasteiger partial charge in [-0.25, -0.2) is 9.78 Å². The Morgan fingerprint density at radius 2 is 2.21 bits per heavy atom. The van der Waals surface area contributed by atoms with Crippen molar-refractivity contribution < 1.29 is 9.90 Å². The van der Waals surface area contributed by atoms with Crippen LogP contribution in [0.1, 0.15) is 22.3 Å². The predicted octanol–water partition coefficient (Wildman–Crippen LogP) is 2.91. The van der Waals surface area contributed by atoms with E-state index in [4.69, 9.17) is 5.11 Å². The number of carboxylic acids is 1. The minimum atomic E-state index is -0.990. The number of hydrogen-bond acceptors (Lipinski definition) is 4. The number of pyridine rings is 1. The van der Waals surface area contributed by atoms with E-state index >= 15 is 0 Å². The number of aromatic nitrogens is 1. The van der Waals surface area contributed by atoms with Crippen LogP contribution in [0.4, 0.5) is 5.82 Å². The molecule has 0 spiro atoms. The van der Waals surface area contributed by atoms with Gasteiger partial charge < -0.3 is 10.0 Å². The van der Waals surface area contributed by atoms with Crippen LogP contribution in [0, 0.1) is 0 Å². The van der Waals surface area contributed by atoms with Crippen LogP contribution in [0.25, 0.3) is 0 Å². The van der Waals surface area contributed by atoms with Gasteiger partial charge in [0, 0.05) is 18.0 Å². The van der Waals surface area contributed by atoms with E-state index in [1.165, 1.54) is 10.9 Å². The van der Waals surface area contributed by atoms with Crippen LogP contribution >= 0.6 is 11.3 Å². The van der Waals surface area contributed by atoms with E-state index in [1.54, 1.807) is 17.4 Å². The van der Waals surface area contributed by atoms with Crippen molar-refractivity contribution in [2.45, 2.75) is 13.3 Å². The molecule has 0 aliphatic rings. The lowest BCUT2D eigenvalue weighted by atomic mass is 10.3. The number of likely N-dealkylation sites (N-methyl/N-ethyl adjacent to an activating group) is 1. The molecule has 2 aromatic heterocycles. The fraction of sp³-hybridized carbons (Fsp3) is 0.286. The molecule has 2 rings (SSSR count). The fourth-order valence-corrected chi connectivity index (χ4v) is 2.55. The monoisotopic (exact) mass is 276 g/mol. The van der Waals surface area contributed by atoms with Crippen LogP contribution in [-0.2, 0) is 6.42 Å². The summed E-state index contributed by atoms with van der Waals surface area (Å²) in [5.41, 5.74) is 0.0899. The lowest BCUT2D eigenvalue weighted by Gasteiger charge is -2.21. The molecule has 0 radical (unpaired) electrons. The molecule has 100 valence electrons. The summed E-state index contributed by atoms with van der Waals surface area (Å²) >= 11 is 1.74. The second kappa shape index (κ2) is 6.33. The molecule has 0 fully saturated rings. The Morgan fingerprint density at radius 3 is 2.84 bits per heavy atom. The molecular weight excluding hydrogens is 260 g/mol. The number of hydrogen-bond donors (Lipinski definition) is 1. The predicted molar refractivity (Wildman–Crippen MR) is 77.1 cm³/mol. The maximum absolute atomic E-state index is 10.9. The standard InChI is InChI=1S/C14H16N2O2S/c1-2-16(9-8-11-5-4-10-19-11)13-7-3-6-12(15-13)14(17)18/h3-7,10H,2,8-9H2,1H3,(H,17,18). The lowest BCUT2D eigenvalue weighted by Crippen LogP contribution is -2.26. The minimum Gasteiger partial charge on any atom is -0.477 e. The molecule has 1 N–H and O–H groups in total. The van der Waals surface area contributed by atoms with Gasteiger partial charge in [-0.3, -0.25) is 0 Å². The molecule has 0 saturated carbocycles. The number of nitrogens with zero attached hydrogens (tertiary/aromatic N) is 2. The number of anilines is 1. The third-order valence-electron chi connectivity index (χ3n) is 2.87. The van der Waals surface area contributed by atoms with Crippen LogP contribution in [0.5, 0.6) is 0 Å². The van der Waals surface area contributed by atoms with Gasteiger partial charge in [0.2, 0.25) is 0 Å². The molecule has 5 heteroatoms. The van der Waals surface area contributed by atoms with E-state index in [2.05, 4.69) is 21.3 Å². The molecule has 0 amide bonds. The van der Waals surface area contributed by atoms with Gasteiger partial charge in [0.15, 0.2) is 5.69 Å². The van der Waals surface area contributed by atoms with Crippen LogP contribution in [0.2, 0.25) is 0 Å². The Labute approximate surface area is 116 Å². The van der Waals surface area contributed by atoms with Crippen molar-refractivity contribution in [1.82, 2.24) is 4.98 Å². The first-order valence-corrected chi connectivity index (χ1v) is 7.06. The topological polar surface area (TPSA) is 53.4 Å². The molecule has 0 atom stereocenters. The van der Waals surface area contributed by atoms with Crippen molar-refractivity contribution in [1.29, 1.82) is 0 Å². The Morgan fingerprint density at radius 1 is 1.37 bits per heavy atom. The largest absolute Gasteiger partial charge is 0.477 e. The van der Waals surface area contributed by atoms with Crippen molar-refractivity contribution >= 4 is 23.1 Å². The molecular formula is C14H16N2O2S. The van der Waals surface area contributed by atoms with Gasteiger partial charge in [-0.15, -0.1) is 11.3 Å². The van der Waals surface area contributed by atoms with Crippen LogP contribution < -0.4 is 4.90 Å². The van der Waals surface area contributed by atoms with Crippen molar-refractivity contribution in [3.05, 3.63) is 46.3 Å². The maximum Gasteiger partial charge on any atom is 0.354 e. The average Bonchev–Trinajstić information content (AvgIpc) is 2.93. The first-order chi connectivity index (χ1) is 9.20. The summed E-state index contributed by atoms with van der Waals surface area (Å²) in [6.45, 7) is 3.69. The second-order valence-electron chi connectivity index (χ2n) is 4.10. The third-order valence-corrected chi connectivity index (χ3v) is 3.80. The second-order valence-corrected chi connectivity index (χ2v) is 5.13. The zero-order chi connectivity index (χ0) is 13.7. The highest BCUT2D eigenvalue weighted by Crippen LogP contribution is 2.14. The summed E-state index contributed by atoms with van der Waals surface area (Å²) in [6.07, 6.45) is 0.949. The van der Waals surface area contributed by atoms with E-state index in [-0.39, 0.29) is 5.69 Å². The molecule has 0 aliphatic heterocycles. The van der Waals surface area contributed by atoms with E-state index in [9.17, 15) is 4.79 Å². The van der Waals surface area contributed by atoms with Crippen molar-refractivity contribution in [2.75, 3.05) is 18.0 Å². The molecule has 2 heterocycles. The molecule has 0 aromatic carbocycles. The number of thiophene rings is 1. The number of rotatable bonds is 6. The van der Waals surface area contributed by atoms with E-state index < -0.39 is 5.97 Å². The summed E-state index contributed by atoms with van der Waals surface area (Å²) < 4.78 is 0. The van der Waals surface area contributed by atoms with Crippen LogP contribution in [-0.4, -0.2) is 29.1 Å². The summed E-state index contributed by atoms with van der Waals surface area (Å²) in [4.78, 5) is 18.5. The summed E-state index contributed by atoms with van der Waals surface area (Å²) in [5, 5.41) is 11.0. The third kappa shape index (κ3) is 3.54. The molecule has 2 aromatic rings. The first kappa shape index (κ1) is 13.5. The van der Waals surface area contributed by atoms with Crippen molar-refractivity contribution in [3.8, 4) is 0 Å². The van der Waals surface area contributed by atoms with Gasteiger partial charge >= 0.3 is 5.97 Å². The van der Waals surface area contributed by atoms with E-state index in [0.29, 0.717) is 0 Å². The van der Waals surface area contributed by atoms with Gasteiger partial charge in [-0.05, 0) is 36.9 Å². The molecule has 0 bridgehead atoms. The van der Waals surface area contributed by atoms with Gasteiger partial charge in [0.1, 0.15) is 5.82 Å². The highest BCUT2D eigenvalue weighted by molar-refractivity contribution is 7.09. The normalized spacial score (nSPS) is 10.4. The molecule has 19 heavy (non-hydrogen) atoms. The quantitative estimate of drug-likeness (QED) is 0.881. The van der Waals surface area contributed by atoms with Gasteiger partial charge in [0.25, 0.3) is 0 Å². The highest BCUT2D eigenvalue weighted by atomic mass is 32.1. The summed E-state index contributed by atoms with van der Waals surface area (Å²) in [5.74, 6) is -0.268. The van der Waals surface area contributed by atoms with Gasteiger partial charge in [-0.1, -0.05) is 12.1 Å². The number of carbonyl (C=O) groups is 1. The Bertz CT molecular complexity index is 540. The summed E-state index contributed by atoms with van der Waals surface area (Å²) in [6, 6.07) is 9.25. The minimum absolute atomic E-state index is 0.0899. The number of carboxylic acid groups (broad SMARTS) is 1. The Balaban J connectivity index is 2.08. The summed E-state index contributed by atoms with van der Waals surface area (Å²) in [7, 11) is 0. The molecule has 0 unspecified atom stereocenters. The van der Waals surface area contributed by atoms with Crippen LogP contribution in [0.15, 0.2) is 35.7 Å². The first-order valence-electron chi connectivity index (χ1n) is 6.18. The lowest BCUT2D eigenvalue weighted by molar-refractivity contribution is 0.0690. The molecule has 4 nitrogen and oxygen atoms in total. The highest BCUT2D eigenvalue weighted by Gasteiger charge is 2.10. The zero-order valence-electron chi connectivity index (χ0n) is 10.7. The van der Waals surface area contributed by atoms with Crippen molar-refractivity contribution in [2.24, 2.45) is 0 Å². The molecule has 0 saturated heterocycles. The Kier molecular flexibility index (Phi) is 4.52. The smallest absolute Gasteiger partial charge is 0.354 e.